The van der Waals surface area contributed by atoms with Gasteiger partial charge in [-0.2, -0.15) is 0 Å². The molecule has 1 aromatic carbocycles. The summed E-state index contributed by atoms with van der Waals surface area (Å²) in [6, 6.07) is 5.83. The molecule has 1 amide bonds. The van der Waals surface area contributed by atoms with Gasteiger partial charge in [0, 0.05) is 27.1 Å². The second-order valence-electron chi connectivity index (χ2n) is 5.51. The number of likely N-dealkylation sites (N-methyl/N-ethyl adjacent to an activating group) is 1. The van der Waals surface area contributed by atoms with Crippen LogP contribution in [0.1, 0.15) is 19.8 Å². The van der Waals surface area contributed by atoms with E-state index in [-0.39, 0.29) is 30.7 Å². The smallest absolute Gasteiger partial charge is 0.221 e. The number of nitrogens with one attached hydrogen (secondary N) is 1. The van der Waals surface area contributed by atoms with Gasteiger partial charge in [0.25, 0.3) is 0 Å². The first-order chi connectivity index (χ1) is 10.1. The van der Waals surface area contributed by atoms with Gasteiger partial charge in [0.15, 0.2) is 0 Å². The first kappa shape index (κ1) is 21.8. The molecule has 1 fully saturated rings. The Balaban J connectivity index is 0.00000242. The number of amides is 1. The molecule has 0 atom stereocenters. The zero-order valence-corrected chi connectivity index (χ0v) is 15.6. The topological polar surface area (TPSA) is 44.8 Å². The van der Waals surface area contributed by atoms with E-state index >= 15 is 0 Å². The van der Waals surface area contributed by atoms with E-state index in [0.717, 1.165) is 24.5 Å². The largest absolute Gasteiger partial charge is 0.494 e. The highest BCUT2D eigenvalue weighted by Crippen LogP contribution is 2.34. The summed E-state index contributed by atoms with van der Waals surface area (Å²) < 4.78 is 5.36. The van der Waals surface area contributed by atoms with Crippen molar-refractivity contribution in [2.45, 2.75) is 19.8 Å². The van der Waals surface area contributed by atoms with Crippen LogP contribution in [0.25, 0.3) is 0 Å². The van der Waals surface area contributed by atoms with E-state index in [9.17, 15) is 4.79 Å². The molecule has 132 valence electrons. The van der Waals surface area contributed by atoms with Crippen molar-refractivity contribution in [2.75, 3.05) is 50.6 Å². The molecular formula is C16H27Cl2N3O2. The van der Waals surface area contributed by atoms with Gasteiger partial charge in [0.05, 0.1) is 12.8 Å². The minimum atomic E-state index is -0.0892. The summed E-state index contributed by atoms with van der Waals surface area (Å²) in [6.07, 6.45) is 2.61. The zero-order valence-electron chi connectivity index (χ0n) is 14.0. The standard InChI is InChI=1S/C16H25N3O2.2ClH/c1-13(20)17-16-14(7-6-8-15(16)21-3)18(2)11-12-19-9-4-5-10-19;;/h6-8H,4-5,9-12H2,1-3H3,(H,17,20);2*1H. The van der Waals surface area contributed by atoms with Crippen molar-refractivity contribution in [1.29, 1.82) is 0 Å². The van der Waals surface area contributed by atoms with Crippen LogP contribution in [0, 0.1) is 0 Å². The van der Waals surface area contributed by atoms with Crippen LogP contribution in [0.15, 0.2) is 18.2 Å². The third kappa shape index (κ3) is 6.09. The molecule has 0 aromatic heterocycles. The number of ether oxygens (including phenoxy) is 1. The molecule has 0 saturated carbocycles. The highest BCUT2D eigenvalue weighted by atomic mass is 35.5. The number of rotatable bonds is 6. The fraction of sp³-hybridized carbons (Fsp3) is 0.562. The Bertz CT molecular complexity index is 494. The maximum atomic E-state index is 11.4. The third-order valence-corrected chi connectivity index (χ3v) is 3.89. The molecule has 2 rings (SSSR count). The van der Waals surface area contributed by atoms with E-state index in [1.807, 2.05) is 18.2 Å². The first-order valence-electron chi connectivity index (χ1n) is 7.50. The van der Waals surface area contributed by atoms with Crippen LogP contribution in [0.2, 0.25) is 0 Å². The lowest BCUT2D eigenvalue weighted by molar-refractivity contribution is -0.114. The lowest BCUT2D eigenvalue weighted by Crippen LogP contribution is -2.31. The number of likely N-dealkylation sites (tertiary alicyclic amines) is 1. The number of para-hydroxylation sites is 1. The molecule has 0 bridgehead atoms. The van der Waals surface area contributed by atoms with E-state index in [0.29, 0.717) is 5.75 Å². The molecule has 0 spiro atoms. The summed E-state index contributed by atoms with van der Waals surface area (Å²) in [7, 11) is 3.67. The van der Waals surface area contributed by atoms with Crippen LogP contribution < -0.4 is 15.0 Å². The van der Waals surface area contributed by atoms with Crippen molar-refractivity contribution in [3.8, 4) is 5.75 Å². The molecule has 1 aromatic rings. The number of nitrogens with zero attached hydrogens (tertiary/aromatic N) is 2. The molecule has 1 aliphatic rings. The van der Waals surface area contributed by atoms with Crippen LogP contribution in [-0.4, -0.2) is 51.1 Å². The summed E-state index contributed by atoms with van der Waals surface area (Å²) in [5.41, 5.74) is 1.74. The fourth-order valence-electron chi connectivity index (χ4n) is 2.73. The molecule has 7 heteroatoms. The zero-order chi connectivity index (χ0) is 15.2. The van der Waals surface area contributed by atoms with Crippen LogP contribution >= 0.6 is 24.8 Å². The van der Waals surface area contributed by atoms with Gasteiger partial charge in [-0.25, -0.2) is 0 Å². The average Bonchev–Trinajstić information content (AvgIpc) is 2.97. The molecule has 1 N–H and O–H groups in total. The normalized spacial score (nSPS) is 13.7. The minimum absolute atomic E-state index is 0. The Hall–Kier alpha value is -1.17. The lowest BCUT2D eigenvalue weighted by Gasteiger charge is -2.26. The molecule has 1 aliphatic heterocycles. The van der Waals surface area contributed by atoms with Crippen LogP contribution in [0.5, 0.6) is 5.75 Å². The highest BCUT2D eigenvalue weighted by molar-refractivity contribution is 5.95. The Morgan fingerprint density at radius 2 is 1.96 bits per heavy atom. The molecule has 0 radical (unpaired) electrons. The third-order valence-electron chi connectivity index (χ3n) is 3.89. The molecule has 1 saturated heterocycles. The number of benzene rings is 1. The SMILES string of the molecule is COc1cccc(N(C)CCN2CCCC2)c1NC(C)=O.Cl.Cl. The average molecular weight is 364 g/mol. The van der Waals surface area contributed by atoms with Gasteiger partial charge in [-0.3, -0.25) is 4.79 Å². The second-order valence-corrected chi connectivity index (χ2v) is 5.51. The van der Waals surface area contributed by atoms with Gasteiger partial charge < -0.3 is 19.9 Å². The second kappa shape index (κ2) is 10.6. The number of hydrogen-bond acceptors (Lipinski definition) is 4. The number of anilines is 2. The summed E-state index contributed by atoms with van der Waals surface area (Å²) >= 11 is 0. The first-order valence-corrected chi connectivity index (χ1v) is 7.50. The van der Waals surface area contributed by atoms with E-state index in [4.69, 9.17) is 4.74 Å². The van der Waals surface area contributed by atoms with Crippen molar-refractivity contribution in [3.05, 3.63) is 18.2 Å². The Morgan fingerprint density at radius 1 is 1.30 bits per heavy atom. The van der Waals surface area contributed by atoms with Crippen molar-refractivity contribution in [2.24, 2.45) is 0 Å². The Morgan fingerprint density at radius 3 is 2.52 bits per heavy atom. The minimum Gasteiger partial charge on any atom is -0.494 e. The summed E-state index contributed by atoms with van der Waals surface area (Å²) in [5, 5.41) is 2.88. The predicted octanol–water partition coefficient (Wildman–Crippen LogP) is 3.03. The monoisotopic (exact) mass is 363 g/mol. The quantitative estimate of drug-likeness (QED) is 0.843. The van der Waals surface area contributed by atoms with Crippen molar-refractivity contribution in [3.63, 3.8) is 0 Å². The van der Waals surface area contributed by atoms with Crippen molar-refractivity contribution < 1.29 is 9.53 Å². The van der Waals surface area contributed by atoms with Gasteiger partial charge in [-0.15, -0.1) is 24.8 Å². The molecule has 5 nitrogen and oxygen atoms in total. The Kier molecular flexibility index (Phi) is 10.0. The van der Waals surface area contributed by atoms with Crippen LogP contribution in [-0.2, 0) is 4.79 Å². The van der Waals surface area contributed by atoms with Gasteiger partial charge in [-0.1, -0.05) is 6.07 Å². The van der Waals surface area contributed by atoms with E-state index in [2.05, 4.69) is 22.2 Å². The highest BCUT2D eigenvalue weighted by Gasteiger charge is 2.16. The van der Waals surface area contributed by atoms with Gasteiger partial charge in [-0.05, 0) is 38.1 Å². The molecule has 0 unspecified atom stereocenters. The number of halogens is 2. The predicted molar refractivity (Wildman–Crippen MR) is 101 cm³/mol. The molecular weight excluding hydrogens is 337 g/mol. The number of methoxy groups -OCH3 is 1. The van der Waals surface area contributed by atoms with E-state index in [1.54, 1.807) is 7.11 Å². The number of carbonyl (C=O) groups is 1. The maximum Gasteiger partial charge on any atom is 0.221 e. The van der Waals surface area contributed by atoms with Gasteiger partial charge in [0.2, 0.25) is 5.91 Å². The van der Waals surface area contributed by atoms with Crippen LogP contribution in [0.4, 0.5) is 11.4 Å². The molecule has 23 heavy (non-hydrogen) atoms. The molecule has 1 heterocycles. The van der Waals surface area contributed by atoms with E-state index < -0.39 is 0 Å². The number of carbonyl (C=O) groups excluding carboxylic acids is 1. The summed E-state index contributed by atoms with van der Waals surface area (Å²) in [4.78, 5) is 16.1. The Labute approximate surface area is 151 Å². The summed E-state index contributed by atoms with van der Waals surface area (Å²) in [5.74, 6) is 0.601. The van der Waals surface area contributed by atoms with Gasteiger partial charge in [0.1, 0.15) is 11.4 Å². The maximum absolute atomic E-state index is 11.4. The van der Waals surface area contributed by atoms with Gasteiger partial charge >= 0.3 is 0 Å². The number of hydrogen-bond donors (Lipinski definition) is 1. The fourth-order valence-corrected chi connectivity index (χ4v) is 2.73. The lowest BCUT2D eigenvalue weighted by atomic mass is 10.2. The van der Waals surface area contributed by atoms with Crippen molar-refractivity contribution >= 4 is 42.1 Å². The van der Waals surface area contributed by atoms with Crippen molar-refractivity contribution in [1.82, 2.24) is 4.90 Å². The van der Waals surface area contributed by atoms with E-state index in [1.165, 1.54) is 32.9 Å². The van der Waals surface area contributed by atoms with Crippen LogP contribution in [0.3, 0.4) is 0 Å². The molecule has 0 aliphatic carbocycles. The summed E-state index contributed by atoms with van der Waals surface area (Å²) in [6.45, 7) is 5.89.